The maximum Gasteiger partial charge on any atom is 0.326 e. The summed E-state index contributed by atoms with van der Waals surface area (Å²) < 4.78 is 0. The monoisotopic (exact) mass is 275 g/mol. The first-order valence-electron chi connectivity index (χ1n) is 6.43. The van der Waals surface area contributed by atoms with Crippen LogP contribution in [0.3, 0.4) is 0 Å². The summed E-state index contributed by atoms with van der Waals surface area (Å²) in [5.74, 6) is -1.53. The van der Waals surface area contributed by atoms with Crippen LogP contribution in [0.5, 0.6) is 0 Å². The second-order valence-corrected chi connectivity index (χ2v) is 5.02. The second kappa shape index (κ2) is 5.73. The van der Waals surface area contributed by atoms with Crippen LogP contribution in [0.15, 0.2) is 24.3 Å². The van der Waals surface area contributed by atoms with Gasteiger partial charge < -0.3 is 10.4 Å². The van der Waals surface area contributed by atoms with E-state index in [0.717, 1.165) is 10.9 Å². The summed E-state index contributed by atoms with van der Waals surface area (Å²) in [7, 11) is 0. The van der Waals surface area contributed by atoms with Crippen molar-refractivity contribution in [1.82, 2.24) is 15.5 Å². The smallest absolute Gasteiger partial charge is 0.326 e. The molecule has 0 aliphatic heterocycles. The highest BCUT2D eigenvalue weighted by molar-refractivity contribution is 5.89. The number of hydrogen-bond donors (Lipinski definition) is 3. The van der Waals surface area contributed by atoms with Gasteiger partial charge in [-0.3, -0.25) is 9.89 Å². The Morgan fingerprint density at radius 1 is 1.35 bits per heavy atom. The van der Waals surface area contributed by atoms with Crippen LogP contribution >= 0.6 is 0 Å². The Morgan fingerprint density at radius 3 is 2.70 bits per heavy atom. The van der Waals surface area contributed by atoms with E-state index in [2.05, 4.69) is 15.5 Å². The number of amides is 1. The first-order valence-corrected chi connectivity index (χ1v) is 6.43. The highest BCUT2D eigenvalue weighted by atomic mass is 16.4. The number of benzene rings is 1. The molecule has 0 aliphatic carbocycles. The predicted octanol–water partition coefficient (Wildman–Crippen LogP) is 1.33. The average Bonchev–Trinajstić information content (AvgIpc) is 2.79. The third kappa shape index (κ3) is 2.96. The molecule has 0 radical (unpaired) electrons. The van der Waals surface area contributed by atoms with Crippen LogP contribution in [0.2, 0.25) is 0 Å². The van der Waals surface area contributed by atoms with Gasteiger partial charge in [0.15, 0.2) is 0 Å². The van der Waals surface area contributed by atoms with Crippen LogP contribution in [-0.2, 0) is 16.0 Å². The molecule has 1 heterocycles. The number of carboxylic acid groups (broad SMARTS) is 1. The number of aromatic amines is 1. The van der Waals surface area contributed by atoms with Gasteiger partial charge in [-0.1, -0.05) is 32.0 Å². The van der Waals surface area contributed by atoms with Gasteiger partial charge in [0.1, 0.15) is 6.04 Å². The molecule has 1 aromatic carbocycles. The van der Waals surface area contributed by atoms with E-state index < -0.39 is 12.0 Å². The Hall–Kier alpha value is -2.37. The first-order chi connectivity index (χ1) is 9.49. The number of hydrogen-bond acceptors (Lipinski definition) is 3. The van der Waals surface area contributed by atoms with Gasteiger partial charge in [0.05, 0.1) is 17.6 Å². The summed E-state index contributed by atoms with van der Waals surface area (Å²) in [6.07, 6.45) is 0.0804. The zero-order chi connectivity index (χ0) is 14.7. The summed E-state index contributed by atoms with van der Waals surface area (Å²) in [5, 5.41) is 19.4. The lowest BCUT2D eigenvalue weighted by molar-refractivity contribution is -0.143. The Balaban J connectivity index is 2.10. The van der Waals surface area contributed by atoms with E-state index >= 15 is 0 Å². The van der Waals surface area contributed by atoms with E-state index in [1.165, 1.54) is 0 Å². The molecule has 0 aliphatic rings. The molecule has 1 atom stereocenters. The molecule has 0 saturated heterocycles. The number of nitrogens with one attached hydrogen (secondary N) is 2. The third-order valence-corrected chi connectivity index (χ3v) is 3.13. The number of H-pyrrole nitrogens is 1. The molecule has 0 bridgehead atoms. The number of carbonyl (C=O) groups is 2. The molecule has 1 aromatic heterocycles. The minimum absolute atomic E-state index is 0.0804. The zero-order valence-electron chi connectivity index (χ0n) is 11.4. The number of aliphatic carboxylic acids is 1. The predicted molar refractivity (Wildman–Crippen MR) is 74.2 cm³/mol. The van der Waals surface area contributed by atoms with Crippen LogP contribution in [0.4, 0.5) is 0 Å². The van der Waals surface area contributed by atoms with Crippen LogP contribution in [0.25, 0.3) is 10.9 Å². The summed E-state index contributed by atoms with van der Waals surface area (Å²) in [5.41, 5.74) is 1.47. The fourth-order valence-electron chi connectivity index (χ4n) is 2.05. The average molecular weight is 275 g/mol. The van der Waals surface area contributed by atoms with Gasteiger partial charge in [0.25, 0.3) is 0 Å². The Bertz CT molecular complexity index is 633. The van der Waals surface area contributed by atoms with Crippen molar-refractivity contribution >= 4 is 22.8 Å². The molecule has 0 spiro atoms. The van der Waals surface area contributed by atoms with E-state index in [-0.39, 0.29) is 18.2 Å². The molecule has 0 unspecified atom stereocenters. The molecule has 3 N–H and O–H groups in total. The number of aromatic nitrogens is 2. The molecule has 106 valence electrons. The molecule has 6 nitrogen and oxygen atoms in total. The van der Waals surface area contributed by atoms with Gasteiger partial charge >= 0.3 is 5.97 Å². The SMILES string of the molecule is CC(C)[C@@H](NC(=O)Cc1[nH]nc2ccccc12)C(=O)O. The van der Waals surface area contributed by atoms with E-state index in [1.54, 1.807) is 13.8 Å². The van der Waals surface area contributed by atoms with E-state index in [9.17, 15) is 9.59 Å². The van der Waals surface area contributed by atoms with Crippen molar-refractivity contribution in [2.75, 3.05) is 0 Å². The van der Waals surface area contributed by atoms with Crippen LogP contribution in [0.1, 0.15) is 19.5 Å². The van der Waals surface area contributed by atoms with E-state index in [4.69, 9.17) is 5.11 Å². The molecule has 0 fully saturated rings. The Labute approximate surface area is 116 Å². The lowest BCUT2D eigenvalue weighted by Gasteiger charge is -2.17. The fourth-order valence-corrected chi connectivity index (χ4v) is 2.05. The molecular formula is C14H17N3O3. The summed E-state index contributed by atoms with van der Waals surface area (Å²) in [6, 6.07) is 6.58. The Kier molecular flexibility index (Phi) is 4.02. The number of fused-ring (bicyclic) bond motifs is 1. The molecule has 0 saturated carbocycles. The minimum Gasteiger partial charge on any atom is -0.480 e. The molecular weight excluding hydrogens is 258 g/mol. The third-order valence-electron chi connectivity index (χ3n) is 3.13. The topological polar surface area (TPSA) is 95.1 Å². The fraction of sp³-hybridized carbons (Fsp3) is 0.357. The van der Waals surface area contributed by atoms with Crippen molar-refractivity contribution in [1.29, 1.82) is 0 Å². The van der Waals surface area contributed by atoms with Crippen molar-refractivity contribution in [3.8, 4) is 0 Å². The van der Waals surface area contributed by atoms with Crippen molar-refractivity contribution in [2.45, 2.75) is 26.3 Å². The van der Waals surface area contributed by atoms with Gasteiger partial charge in [0, 0.05) is 5.39 Å². The number of carbonyl (C=O) groups excluding carboxylic acids is 1. The largest absolute Gasteiger partial charge is 0.480 e. The molecule has 6 heteroatoms. The van der Waals surface area contributed by atoms with Gasteiger partial charge in [-0.15, -0.1) is 0 Å². The summed E-state index contributed by atoms with van der Waals surface area (Å²) in [4.78, 5) is 23.0. The highest BCUT2D eigenvalue weighted by Gasteiger charge is 2.23. The lowest BCUT2D eigenvalue weighted by atomic mass is 10.0. The van der Waals surface area contributed by atoms with E-state index in [0.29, 0.717) is 5.69 Å². The van der Waals surface area contributed by atoms with Gasteiger partial charge in [-0.2, -0.15) is 5.10 Å². The maximum absolute atomic E-state index is 12.0. The summed E-state index contributed by atoms with van der Waals surface area (Å²) in [6.45, 7) is 3.51. The summed E-state index contributed by atoms with van der Waals surface area (Å²) >= 11 is 0. The van der Waals surface area contributed by atoms with Crippen molar-refractivity contribution in [3.05, 3.63) is 30.0 Å². The van der Waals surface area contributed by atoms with Crippen molar-refractivity contribution < 1.29 is 14.7 Å². The van der Waals surface area contributed by atoms with Crippen molar-refractivity contribution in [3.63, 3.8) is 0 Å². The van der Waals surface area contributed by atoms with E-state index in [1.807, 2.05) is 24.3 Å². The number of rotatable bonds is 5. The van der Waals surface area contributed by atoms with Crippen LogP contribution in [0, 0.1) is 5.92 Å². The first kappa shape index (κ1) is 14.0. The molecule has 20 heavy (non-hydrogen) atoms. The molecule has 2 aromatic rings. The number of carboxylic acids is 1. The highest BCUT2D eigenvalue weighted by Crippen LogP contribution is 2.15. The molecule has 1 amide bonds. The number of nitrogens with zero attached hydrogens (tertiary/aromatic N) is 1. The lowest BCUT2D eigenvalue weighted by Crippen LogP contribution is -2.44. The minimum atomic E-state index is -1.03. The van der Waals surface area contributed by atoms with Crippen LogP contribution in [-0.4, -0.2) is 33.2 Å². The quantitative estimate of drug-likeness (QED) is 0.767. The van der Waals surface area contributed by atoms with Crippen LogP contribution < -0.4 is 5.32 Å². The Morgan fingerprint density at radius 2 is 2.05 bits per heavy atom. The second-order valence-electron chi connectivity index (χ2n) is 5.02. The van der Waals surface area contributed by atoms with Gasteiger partial charge in [-0.25, -0.2) is 4.79 Å². The number of para-hydroxylation sites is 1. The van der Waals surface area contributed by atoms with Gasteiger partial charge in [-0.05, 0) is 12.0 Å². The maximum atomic E-state index is 12.0. The standard InChI is InChI=1S/C14H17N3O3/c1-8(2)13(14(19)20)15-12(18)7-11-9-5-3-4-6-10(9)16-17-11/h3-6,8,13H,7H2,1-2H3,(H,15,18)(H,16,17)(H,19,20)/t13-/m1/s1. The molecule has 2 rings (SSSR count). The normalized spacial score (nSPS) is 12.6. The van der Waals surface area contributed by atoms with Crippen molar-refractivity contribution in [2.24, 2.45) is 5.92 Å². The van der Waals surface area contributed by atoms with Gasteiger partial charge in [0.2, 0.25) is 5.91 Å². The zero-order valence-corrected chi connectivity index (χ0v) is 11.4.